The molecular weight excluding hydrogens is 330 g/mol. The van der Waals surface area contributed by atoms with Gasteiger partial charge in [-0.1, -0.05) is 42.5 Å². The van der Waals surface area contributed by atoms with Crippen molar-refractivity contribution in [1.29, 1.82) is 5.26 Å². The van der Waals surface area contributed by atoms with Crippen LogP contribution < -0.4 is 5.32 Å². The van der Waals surface area contributed by atoms with Crippen LogP contribution in [0.1, 0.15) is 37.8 Å². The van der Waals surface area contributed by atoms with E-state index in [1.807, 2.05) is 36.6 Å². The minimum atomic E-state index is -0.371. The Kier molecular flexibility index (Phi) is 4.20. The molecule has 3 aliphatic rings. The van der Waals surface area contributed by atoms with Crippen molar-refractivity contribution in [2.45, 2.75) is 32.2 Å². The summed E-state index contributed by atoms with van der Waals surface area (Å²) in [5, 5.41) is 12.5. The third-order valence-electron chi connectivity index (χ3n) is 5.64. The highest BCUT2D eigenvalue weighted by Gasteiger charge is 2.47. The zero-order valence-electron chi connectivity index (χ0n) is 15.8. The van der Waals surface area contributed by atoms with E-state index in [4.69, 9.17) is 10.3 Å². The Labute approximate surface area is 160 Å². The second-order valence-electron chi connectivity index (χ2n) is 7.47. The molecule has 0 fully saturated rings. The highest BCUT2D eigenvalue weighted by Crippen LogP contribution is 2.52. The van der Waals surface area contributed by atoms with Gasteiger partial charge in [-0.15, -0.1) is 0 Å². The number of hydrogen-bond acceptors (Lipinski definition) is 3. The standard InChI is InChI=1S/C24H23N3/c1-4-21-20-11-16(2)13-24(21,22-10-5-17(3)27-23(22)12-20)26-15-19-8-6-18(14-25)7-9-19/h4-11,15,20,27H,3,12-13H2,1-2H3/b21-4+,26-15?. The fourth-order valence-corrected chi connectivity index (χ4v) is 4.55. The smallest absolute Gasteiger partial charge is 0.113 e. The monoisotopic (exact) mass is 353 g/mol. The van der Waals surface area contributed by atoms with Crippen LogP contribution in [0.25, 0.3) is 0 Å². The van der Waals surface area contributed by atoms with E-state index in [-0.39, 0.29) is 5.54 Å². The molecule has 0 radical (unpaired) electrons. The summed E-state index contributed by atoms with van der Waals surface area (Å²) in [4.78, 5) is 5.18. The lowest BCUT2D eigenvalue weighted by atomic mass is 9.62. The lowest BCUT2D eigenvalue weighted by molar-refractivity contribution is 0.453. The van der Waals surface area contributed by atoms with Crippen molar-refractivity contribution in [2.24, 2.45) is 10.9 Å². The average Bonchev–Trinajstić information content (AvgIpc) is 2.66. The van der Waals surface area contributed by atoms with Gasteiger partial charge in [-0.25, -0.2) is 0 Å². The molecule has 3 nitrogen and oxygen atoms in total. The molecule has 0 saturated carbocycles. The van der Waals surface area contributed by atoms with E-state index in [1.54, 1.807) is 0 Å². The highest BCUT2D eigenvalue weighted by atomic mass is 15.0. The Hall–Kier alpha value is -3.12. The second kappa shape index (κ2) is 6.55. The largest absolute Gasteiger partial charge is 0.359 e. The van der Waals surface area contributed by atoms with Crippen molar-refractivity contribution in [3.05, 3.63) is 94.4 Å². The van der Waals surface area contributed by atoms with E-state index in [0.29, 0.717) is 11.5 Å². The lowest BCUT2D eigenvalue weighted by Gasteiger charge is -2.47. The molecule has 0 saturated heterocycles. The molecule has 134 valence electrons. The molecule has 2 atom stereocenters. The molecule has 1 aromatic rings. The topological polar surface area (TPSA) is 48.2 Å². The first-order chi connectivity index (χ1) is 13.1. The predicted octanol–water partition coefficient (Wildman–Crippen LogP) is 4.96. The van der Waals surface area contributed by atoms with Gasteiger partial charge in [0.05, 0.1) is 11.6 Å². The number of nitriles is 1. The Morgan fingerprint density at radius 1 is 1.30 bits per heavy atom. The maximum atomic E-state index is 9.00. The summed E-state index contributed by atoms with van der Waals surface area (Å²) in [6.45, 7) is 8.38. The van der Waals surface area contributed by atoms with Gasteiger partial charge in [0.1, 0.15) is 5.54 Å². The molecule has 0 spiro atoms. The van der Waals surface area contributed by atoms with E-state index >= 15 is 0 Å². The number of dihydropyridines is 1. The van der Waals surface area contributed by atoms with Crippen LogP contribution in [0.4, 0.5) is 0 Å². The van der Waals surface area contributed by atoms with E-state index in [0.717, 1.165) is 24.1 Å². The molecule has 27 heavy (non-hydrogen) atoms. The van der Waals surface area contributed by atoms with E-state index < -0.39 is 0 Å². The van der Waals surface area contributed by atoms with E-state index in [2.05, 4.69) is 50.0 Å². The maximum absolute atomic E-state index is 9.00. The Bertz CT molecular complexity index is 993. The van der Waals surface area contributed by atoms with Crippen molar-refractivity contribution < 1.29 is 0 Å². The number of hydrogen-bond donors (Lipinski definition) is 1. The van der Waals surface area contributed by atoms with Gasteiger partial charge < -0.3 is 5.32 Å². The summed E-state index contributed by atoms with van der Waals surface area (Å²) in [5.74, 6) is 0.368. The van der Waals surface area contributed by atoms with Gasteiger partial charge in [-0.05, 0) is 49.6 Å². The SMILES string of the molecule is C=C1C=CC2=C(CC3C=C(C)CC2(N=Cc2ccc(C#N)cc2)/C3=C/C)N1. The van der Waals surface area contributed by atoms with Crippen LogP contribution >= 0.6 is 0 Å². The predicted molar refractivity (Wildman–Crippen MR) is 110 cm³/mol. The second-order valence-corrected chi connectivity index (χ2v) is 7.47. The third kappa shape index (κ3) is 2.88. The minimum Gasteiger partial charge on any atom is -0.359 e. The fourth-order valence-electron chi connectivity index (χ4n) is 4.55. The van der Waals surface area contributed by atoms with Gasteiger partial charge in [0.25, 0.3) is 0 Å². The molecule has 1 N–H and O–H groups in total. The molecule has 1 aromatic carbocycles. The van der Waals surface area contributed by atoms with Crippen molar-refractivity contribution in [3.8, 4) is 6.07 Å². The van der Waals surface area contributed by atoms with Crippen LogP contribution in [0, 0.1) is 17.2 Å². The maximum Gasteiger partial charge on any atom is 0.113 e. The average molecular weight is 353 g/mol. The Morgan fingerprint density at radius 3 is 2.78 bits per heavy atom. The van der Waals surface area contributed by atoms with Crippen molar-refractivity contribution >= 4 is 6.21 Å². The molecule has 1 heterocycles. The first-order valence-electron chi connectivity index (χ1n) is 9.33. The quantitative estimate of drug-likeness (QED) is 0.603. The number of nitrogens with one attached hydrogen (secondary N) is 1. The molecule has 2 aliphatic carbocycles. The van der Waals surface area contributed by atoms with Gasteiger partial charge in [0.2, 0.25) is 0 Å². The van der Waals surface area contributed by atoms with Crippen LogP contribution in [0.5, 0.6) is 0 Å². The Morgan fingerprint density at radius 2 is 2.07 bits per heavy atom. The molecule has 0 amide bonds. The zero-order valence-corrected chi connectivity index (χ0v) is 15.8. The number of aliphatic imine (C=N–C) groups is 1. The van der Waals surface area contributed by atoms with Crippen molar-refractivity contribution in [3.63, 3.8) is 0 Å². The number of fused-ring (bicyclic) bond motifs is 3. The highest BCUT2D eigenvalue weighted by molar-refractivity contribution is 5.81. The third-order valence-corrected chi connectivity index (χ3v) is 5.64. The van der Waals surface area contributed by atoms with E-state index in [1.165, 1.54) is 22.4 Å². The summed E-state index contributed by atoms with van der Waals surface area (Å²) in [7, 11) is 0. The van der Waals surface area contributed by atoms with Gasteiger partial charge in [0.15, 0.2) is 0 Å². The molecule has 2 bridgehead atoms. The van der Waals surface area contributed by atoms with E-state index in [9.17, 15) is 0 Å². The molecule has 0 aromatic heterocycles. The fraction of sp³-hybridized carbons (Fsp3) is 0.250. The minimum absolute atomic E-state index is 0.368. The summed E-state index contributed by atoms with van der Waals surface area (Å²) in [6, 6.07) is 9.73. The van der Waals surface area contributed by atoms with Crippen molar-refractivity contribution in [2.75, 3.05) is 0 Å². The number of rotatable bonds is 2. The summed E-state index contributed by atoms with van der Waals surface area (Å²) >= 11 is 0. The zero-order chi connectivity index (χ0) is 19.0. The van der Waals surface area contributed by atoms with Gasteiger partial charge in [-0.3, -0.25) is 4.99 Å². The summed E-state index contributed by atoms with van der Waals surface area (Å²) < 4.78 is 0. The van der Waals surface area contributed by atoms with Crippen LogP contribution in [-0.2, 0) is 0 Å². The van der Waals surface area contributed by atoms with Gasteiger partial charge >= 0.3 is 0 Å². The first-order valence-corrected chi connectivity index (χ1v) is 9.33. The Balaban J connectivity index is 1.83. The molecular formula is C24H23N3. The number of nitrogens with zero attached hydrogens (tertiary/aromatic N) is 2. The van der Waals surface area contributed by atoms with Crippen LogP contribution in [0.15, 0.2) is 88.3 Å². The number of benzene rings is 1. The normalized spacial score (nSPS) is 28.0. The first kappa shape index (κ1) is 17.3. The summed E-state index contributed by atoms with van der Waals surface area (Å²) in [5.41, 5.74) is 7.47. The van der Waals surface area contributed by atoms with Crippen LogP contribution in [0.2, 0.25) is 0 Å². The molecule has 2 unspecified atom stereocenters. The molecule has 4 rings (SSSR count). The summed E-state index contributed by atoms with van der Waals surface area (Å²) in [6.07, 6.45) is 12.6. The van der Waals surface area contributed by atoms with Crippen LogP contribution in [0.3, 0.4) is 0 Å². The van der Waals surface area contributed by atoms with Crippen LogP contribution in [-0.4, -0.2) is 11.8 Å². The van der Waals surface area contributed by atoms with Gasteiger partial charge in [0, 0.05) is 35.5 Å². The van der Waals surface area contributed by atoms with Crippen molar-refractivity contribution in [1.82, 2.24) is 5.32 Å². The number of allylic oxidation sites excluding steroid dienone is 4. The molecule has 3 heteroatoms. The van der Waals surface area contributed by atoms with Gasteiger partial charge in [-0.2, -0.15) is 5.26 Å². The molecule has 1 aliphatic heterocycles. The lowest BCUT2D eigenvalue weighted by Crippen LogP contribution is -2.44.